The molecule has 0 spiro atoms. The second-order valence-electron chi connectivity index (χ2n) is 32.2. The third-order valence-electron chi connectivity index (χ3n) is 17.0. The van der Waals surface area contributed by atoms with Crippen molar-refractivity contribution in [3.63, 3.8) is 0 Å². The molecule has 412 valence electrons. The first-order chi connectivity index (χ1) is 30.0. The molecule has 2 aliphatic heterocycles. The second kappa shape index (κ2) is 27.9. The molecule has 0 amide bonds. The van der Waals surface area contributed by atoms with Gasteiger partial charge in [0, 0.05) is 38.6 Å². The van der Waals surface area contributed by atoms with Crippen molar-refractivity contribution in [2.75, 3.05) is 33.5 Å². The molecule has 0 radical (unpaired) electrons. The molecule has 4 saturated carbocycles. The SMILES string of the molecule is CC(C)(C)C1(C)CCC1.CC(C)(C)C1(C)COC1.CC(C)(C)C1CC(F)(F)C1.CC(C)(C)C1CC1.CC(C)(C)C1CCC1.CC(C)(C)CC1CCCO1.CC(C)C(C)(C)C.COCCC(C)(C)C. The Hall–Kier alpha value is -0.260. The van der Waals surface area contributed by atoms with Crippen molar-refractivity contribution in [2.24, 2.45) is 77.8 Å². The summed E-state index contributed by atoms with van der Waals surface area (Å²) in [6.45, 7) is 67.1. The summed E-state index contributed by atoms with van der Waals surface area (Å²) in [5, 5.41) is 0. The van der Waals surface area contributed by atoms with Gasteiger partial charge >= 0.3 is 0 Å². The summed E-state index contributed by atoms with van der Waals surface area (Å²) in [6.07, 6.45) is 17.4. The first-order valence-electron chi connectivity index (χ1n) is 28.1. The highest BCUT2D eigenvalue weighted by molar-refractivity contribution is 4.94. The molecule has 6 fully saturated rings. The van der Waals surface area contributed by atoms with Gasteiger partial charge in [-0.1, -0.05) is 207 Å². The Morgan fingerprint density at radius 1 is 0.529 bits per heavy atom. The fourth-order valence-corrected chi connectivity index (χ4v) is 7.69. The average Bonchev–Trinajstić information content (AvgIpc) is 3.80. The van der Waals surface area contributed by atoms with E-state index in [9.17, 15) is 8.78 Å². The number of halogens is 2. The molecule has 2 saturated heterocycles. The summed E-state index contributed by atoms with van der Waals surface area (Å²) in [7, 11) is 1.74. The fourth-order valence-electron chi connectivity index (χ4n) is 7.69. The van der Waals surface area contributed by atoms with Crippen molar-refractivity contribution in [2.45, 2.75) is 296 Å². The predicted octanol–water partition coefficient (Wildman–Crippen LogP) is 21.0. The van der Waals surface area contributed by atoms with Crippen LogP contribution in [0.15, 0.2) is 0 Å². The molecule has 4 aliphatic carbocycles. The van der Waals surface area contributed by atoms with Gasteiger partial charge in [0.2, 0.25) is 5.92 Å². The average molecular weight is 972 g/mol. The highest BCUT2D eigenvalue weighted by atomic mass is 19.3. The van der Waals surface area contributed by atoms with Gasteiger partial charge in [0.05, 0.1) is 19.3 Å². The van der Waals surface area contributed by atoms with Crippen molar-refractivity contribution < 1.29 is 23.0 Å². The predicted molar refractivity (Wildman–Crippen MR) is 299 cm³/mol. The van der Waals surface area contributed by atoms with Gasteiger partial charge < -0.3 is 14.2 Å². The molecule has 3 nitrogen and oxygen atoms in total. The Morgan fingerprint density at radius 3 is 1.01 bits per heavy atom. The molecule has 6 rings (SSSR count). The van der Waals surface area contributed by atoms with Crippen molar-refractivity contribution in [3.05, 3.63) is 0 Å². The van der Waals surface area contributed by atoms with Crippen LogP contribution in [0.3, 0.4) is 0 Å². The maximum Gasteiger partial charge on any atom is 0.248 e. The molecular formula is C63H128F2O3. The Labute approximate surface area is 428 Å². The summed E-state index contributed by atoms with van der Waals surface area (Å²) in [5.41, 5.74) is 4.68. The quantitative estimate of drug-likeness (QED) is 0.282. The zero-order chi connectivity index (χ0) is 54.2. The monoisotopic (exact) mass is 971 g/mol. The number of rotatable bonds is 3. The fraction of sp³-hybridized carbons (Fsp3) is 1.00. The Kier molecular flexibility index (Phi) is 28.6. The lowest BCUT2D eigenvalue weighted by molar-refractivity contribution is -0.158. The van der Waals surface area contributed by atoms with Gasteiger partial charge in [-0.2, -0.15) is 0 Å². The van der Waals surface area contributed by atoms with E-state index in [0.29, 0.717) is 54.8 Å². The Balaban J connectivity index is 0. The van der Waals surface area contributed by atoms with Crippen molar-refractivity contribution >= 4 is 0 Å². The van der Waals surface area contributed by atoms with Crippen molar-refractivity contribution in [1.29, 1.82) is 0 Å². The van der Waals surface area contributed by atoms with Crippen molar-refractivity contribution in [1.82, 2.24) is 0 Å². The minimum absolute atomic E-state index is 0.0711. The lowest BCUT2D eigenvalue weighted by Gasteiger charge is -2.49. The van der Waals surface area contributed by atoms with Gasteiger partial charge in [0.25, 0.3) is 0 Å². The topological polar surface area (TPSA) is 27.7 Å². The molecule has 0 N–H and O–H groups in total. The summed E-state index contributed by atoms with van der Waals surface area (Å²) < 4.78 is 40.2. The normalized spacial score (nSPS) is 22.3. The largest absolute Gasteiger partial charge is 0.385 e. The molecule has 5 heteroatoms. The van der Waals surface area contributed by atoms with Crippen LogP contribution in [0.5, 0.6) is 0 Å². The van der Waals surface area contributed by atoms with Crippen LogP contribution in [0, 0.1) is 77.8 Å². The van der Waals surface area contributed by atoms with Crippen LogP contribution < -0.4 is 0 Å². The molecule has 0 bridgehead atoms. The summed E-state index contributed by atoms with van der Waals surface area (Å²) in [4.78, 5) is 0. The van der Waals surface area contributed by atoms with E-state index < -0.39 is 5.92 Å². The zero-order valence-corrected chi connectivity index (χ0v) is 52.1. The minimum Gasteiger partial charge on any atom is -0.385 e. The molecular weight excluding hydrogens is 843 g/mol. The lowest BCUT2D eigenvalue weighted by atomic mass is 9.56. The van der Waals surface area contributed by atoms with Crippen LogP contribution in [0.25, 0.3) is 0 Å². The van der Waals surface area contributed by atoms with Crippen LogP contribution in [-0.4, -0.2) is 45.6 Å². The van der Waals surface area contributed by atoms with Crippen LogP contribution in [0.1, 0.15) is 284 Å². The van der Waals surface area contributed by atoms with Crippen LogP contribution in [0.2, 0.25) is 0 Å². The molecule has 0 aromatic carbocycles. The first-order valence-corrected chi connectivity index (χ1v) is 28.1. The van der Waals surface area contributed by atoms with Gasteiger partial charge in [-0.25, -0.2) is 8.78 Å². The number of hydrogen-bond donors (Lipinski definition) is 0. The van der Waals surface area contributed by atoms with Gasteiger partial charge in [0.15, 0.2) is 0 Å². The maximum absolute atomic E-state index is 12.3. The smallest absolute Gasteiger partial charge is 0.248 e. The summed E-state index contributed by atoms with van der Waals surface area (Å²) >= 11 is 0. The van der Waals surface area contributed by atoms with E-state index in [1.807, 2.05) is 20.8 Å². The van der Waals surface area contributed by atoms with E-state index in [1.54, 1.807) is 7.11 Å². The number of ether oxygens (including phenoxy) is 3. The highest BCUT2D eigenvalue weighted by Crippen LogP contribution is 2.53. The molecule has 0 aromatic rings. The third kappa shape index (κ3) is 31.4. The molecule has 0 aromatic heterocycles. The number of methoxy groups -OCH3 is 1. The van der Waals surface area contributed by atoms with E-state index in [2.05, 4.69) is 173 Å². The zero-order valence-electron chi connectivity index (χ0n) is 52.1. The standard InChI is InChI=1S/C9H18O.C9H18.C8H14F2.C8H16O.C8H16.C7H16O.C7H14.C7H16/c1-9(2,3)7-8-5-4-6-10-8;1-8(2,3)9(4)6-5-7-9;1-7(2,3)6-4-8(9,10)5-6;1-7(2,3)8(4)5-9-6-8;1-8(2,3)7-5-4-6-7;1-7(2,3)5-6-8-4;1-7(2,3)6-4-5-6;1-6(2)7(3,4)5/h8H,4-7H2,1-3H3;5-7H2,1-4H3;6H,4-5H2,1-3H3;5-6H2,1-4H3;7H,4-6H2,1-3H3;5-6H2,1-4H3;6H,4-5H2,1-3H3;6H,1-5H3. The van der Waals surface area contributed by atoms with Gasteiger partial charge in [-0.15, -0.1) is 0 Å². The first kappa shape index (κ1) is 69.8. The van der Waals surface area contributed by atoms with Crippen LogP contribution in [-0.2, 0) is 14.2 Å². The molecule has 68 heavy (non-hydrogen) atoms. The van der Waals surface area contributed by atoms with Crippen LogP contribution in [0.4, 0.5) is 8.78 Å². The molecule has 6 aliphatic rings. The summed E-state index contributed by atoms with van der Waals surface area (Å²) in [6, 6.07) is 0. The van der Waals surface area contributed by atoms with Crippen LogP contribution >= 0.6 is 0 Å². The second-order valence-corrected chi connectivity index (χ2v) is 32.2. The van der Waals surface area contributed by atoms with E-state index in [1.165, 1.54) is 70.6 Å². The van der Waals surface area contributed by atoms with Gasteiger partial charge in [-0.05, 0) is 137 Å². The van der Waals surface area contributed by atoms with E-state index >= 15 is 0 Å². The number of hydrogen-bond acceptors (Lipinski definition) is 3. The highest BCUT2D eigenvalue weighted by Gasteiger charge is 2.49. The number of alkyl halides is 2. The van der Waals surface area contributed by atoms with Gasteiger partial charge in [-0.3, -0.25) is 0 Å². The molecule has 2 heterocycles. The lowest BCUT2D eigenvalue weighted by Crippen LogP contribution is -2.49. The molecule has 1 unspecified atom stereocenters. The Bertz CT molecular complexity index is 1230. The Morgan fingerprint density at radius 2 is 0.926 bits per heavy atom. The third-order valence-corrected chi connectivity index (χ3v) is 17.0. The maximum atomic E-state index is 12.3. The van der Waals surface area contributed by atoms with Crippen molar-refractivity contribution in [3.8, 4) is 0 Å². The van der Waals surface area contributed by atoms with E-state index in [0.717, 1.165) is 50.6 Å². The summed E-state index contributed by atoms with van der Waals surface area (Å²) in [5.74, 6) is 0.753. The minimum atomic E-state index is -2.35. The van der Waals surface area contributed by atoms with E-state index in [4.69, 9.17) is 14.2 Å². The molecule has 1 atom stereocenters. The van der Waals surface area contributed by atoms with E-state index in [-0.39, 0.29) is 24.2 Å². The van der Waals surface area contributed by atoms with Gasteiger partial charge in [0.1, 0.15) is 0 Å².